The Morgan fingerprint density at radius 1 is 0.784 bits per heavy atom. The summed E-state index contributed by atoms with van der Waals surface area (Å²) < 4.78 is 34.3. The molecule has 0 amide bonds. The minimum absolute atomic E-state index is 0.0370. The van der Waals surface area contributed by atoms with E-state index in [4.69, 9.17) is 14.2 Å². The fourth-order valence-corrected chi connectivity index (χ4v) is 4.76. The number of hydrogen-bond donors (Lipinski definition) is 0. The van der Waals surface area contributed by atoms with Crippen LogP contribution < -0.4 is 9.47 Å². The molecule has 0 saturated heterocycles. The first-order valence-electron chi connectivity index (χ1n) is 15.4. The number of halogens is 1. The molecule has 0 saturated carbocycles. The molecule has 0 atom stereocenters. The van der Waals surface area contributed by atoms with E-state index in [0.29, 0.717) is 23.7 Å². The van der Waals surface area contributed by atoms with Gasteiger partial charge < -0.3 is 18.9 Å². The molecular formula is C41H31FO8S. The third-order valence-electron chi connectivity index (χ3n) is 6.72. The van der Waals surface area contributed by atoms with Gasteiger partial charge in [0, 0.05) is 50.8 Å². The molecule has 0 unspecified atom stereocenters. The largest absolute Gasteiger partial charge is 0.493 e. The molecule has 51 heavy (non-hydrogen) atoms. The third kappa shape index (κ3) is 12.2. The van der Waals surface area contributed by atoms with Crippen molar-refractivity contribution in [1.82, 2.24) is 0 Å². The SMILES string of the molecule is C=CC(=O)Oc1ccc(C(=O)Sc2ccc(C#Cc3ccc(C#Cc4ccc(OCCCOC(=O)C(=C)CC(=O)OC)cc4)cc3)cc2)cc1F. The van der Waals surface area contributed by atoms with Crippen molar-refractivity contribution in [2.45, 2.75) is 17.7 Å². The van der Waals surface area contributed by atoms with Gasteiger partial charge in [-0.05, 0) is 103 Å². The fraction of sp³-hybridized carbons (Fsp3) is 0.122. The van der Waals surface area contributed by atoms with E-state index in [1.807, 2.05) is 48.5 Å². The smallest absolute Gasteiger partial charge is 0.335 e. The first kappa shape index (κ1) is 37.5. The number of rotatable bonds is 12. The van der Waals surface area contributed by atoms with Crippen LogP contribution in [0.4, 0.5) is 4.39 Å². The number of benzene rings is 4. The Hall–Kier alpha value is -6.36. The monoisotopic (exact) mass is 702 g/mol. The fourth-order valence-electron chi connectivity index (χ4n) is 4.03. The molecule has 4 aromatic rings. The Balaban J connectivity index is 1.21. The zero-order valence-electron chi connectivity index (χ0n) is 27.5. The van der Waals surface area contributed by atoms with E-state index < -0.39 is 23.7 Å². The van der Waals surface area contributed by atoms with E-state index >= 15 is 0 Å². The highest BCUT2D eigenvalue weighted by Crippen LogP contribution is 2.26. The molecule has 0 aromatic heterocycles. The second-order valence-corrected chi connectivity index (χ2v) is 11.5. The molecule has 4 aromatic carbocycles. The van der Waals surface area contributed by atoms with Crippen molar-refractivity contribution in [3.05, 3.63) is 149 Å². The second-order valence-electron chi connectivity index (χ2n) is 10.5. The first-order chi connectivity index (χ1) is 24.6. The number of hydrogen-bond acceptors (Lipinski definition) is 9. The molecule has 0 fully saturated rings. The van der Waals surface area contributed by atoms with Crippen LogP contribution in [0.3, 0.4) is 0 Å². The van der Waals surface area contributed by atoms with Gasteiger partial charge in [-0.1, -0.05) is 36.8 Å². The van der Waals surface area contributed by atoms with Crippen LogP contribution in [0.5, 0.6) is 11.5 Å². The molecule has 0 heterocycles. The van der Waals surface area contributed by atoms with E-state index in [2.05, 4.69) is 41.6 Å². The van der Waals surface area contributed by atoms with Crippen LogP contribution in [0, 0.1) is 29.5 Å². The lowest BCUT2D eigenvalue weighted by atomic mass is 10.1. The van der Waals surface area contributed by atoms with Crippen molar-refractivity contribution in [3.63, 3.8) is 0 Å². The quantitative estimate of drug-likeness (QED) is 0.0383. The van der Waals surface area contributed by atoms with Crippen molar-refractivity contribution in [2.24, 2.45) is 0 Å². The summed E-state index contributed by atoms with van der Waals surface area (Å²) >= 11 is 0.943. The van der Waals surface area contributed by atoms with Gasteiger partial charge in [-0.15, -0.1) is 0 Å². The van der Waals surface area contributed by atoms with Crippen LogP contribution in [0.2, 0.25) is 0 Å². The predicted octanol–water partition coefficient (Wildman–Crippen LogP) is 7.08. The molecule has 0 aliphatic heterocycles. The summed E-state index contributed by atoms with van der Waals surface area (Å²) in [6.07, 6.45) is 1.18. The molecule has 0 aliphatic rings. The summed E-state index contributed by atoms with van der Waals surface area (Å²) in [5.41, 5.74) is 3.36. The van der Waals surface area contributed by atoms with Crippen LogP contribution in [-0.2, 0) is 23.9 Å². The molecule has 0 N–H and O–H groups in total. The summed E-state index contributed by atoms with van der Waals surface area (Å²) in [5, 5.41) is -0.364. The van der Waals surface area contributed by atoms with Gasteiger partial charge in [-0.25, -0.2) is 14.0 Å². The molecule has 10 heteroatoms. The molecular weight excluding hydrogens is 672 g/mol. The Kier molecular flexibility index (Phi) is 13.9. The topological polar surface area (TPSA) is 105 Å². The molecule has 4 rings (SSSR count). The highest BCUT2D eigenvalue weighted by molar-refractivity contribution is 8.14. The average Bonchev–Trinajstić information content (AvgIpc) is 3.14. The van der Waals surface area contributed by atoms with Crippen LogP contribution in [0.25, 0.3) is 0 Å². The highest BCUT2D eigenvalue weighted by atomic mass is 32.2. The summed E-state index contributed by atoms with van der Waals surface area (Å²) in [6, 6.07) is 25.6. The Morgan fingerprint density at radius 3 is 1.86 bits per heavy atom. The predicted molar refractivity (Wildman–Crippen MR) is 191 cm³/mol. The number of carbonyl (C=O) groups is 4. The van der Waals surface area contributed by atoms with Gasteiger partial charge in [0.15, 0.2) is 11.6 Å². The van der Waals surface area contributed by atoms with E-state index in [9.17, 15) is 23.6 Å². The maximum Gasteiger partial charge on any atom is 0.335 e. The number of carbonyl (C=O) groups excluding carboxylic acids is 4. The minimum Gasteiger partial charge on any atom is -0.493 e. The van der Waals surface area contributed by atoms with Gasteiger partial charge in [0.05, 0.1) is 26.7 Å². The number of thioether (sulfide) groups is 1. The maximum atomic E-state index is 14.3. The van der Waals surface area contributed by atoms with Gasteiger partial charge in [-0.2, -0.15) is 0 Å². The van der Waals surface area contributed by atoms with Crippen molar-refractivity contribution in [1.29, 1.82) is 0 Å². The molecule has 0 spiro atoms. The number of methoxy groups -OCH3 is 1. The van der Waals surface area contributed by atoms with Crippen molar-refractivity contribution >= 4 is 34.8 Å². The van der Waals surface area contributed by atoms with E-state index in [1.165, 1.54) is 19.2 Å². The van der Waals surface area contributed by atoms with Crippen molar-refractivity contribution in [3.8, 4) is 35.2 Å². The summed E-state index contributed by atoms with van der Waals surface area (Å²) in [4.78, 5) is 47.6. The third-order valence-corrected chi connectivity index (χ3v) is 7.64. The number of ether oxygens (including phenoxy) is 4. The van der Waals surface area contributed by atoms with Gasteiger partial charge in [0.1, 0.15) is 5.75 Å². The van der Waals surface area contributed by atoms with Gasteiger partial charge in [-0.3, -0.25) is 9.59 Å². The molecule has 8 nitrogen and oxygen atoms in total. The maximum absolute atomic E-state index is 14.3. The van der Waals surface area contributed by atoms with Crippen LogP contribution in [-0.4, -0.2) is 43.3 Å². The second kappa shape index (κ2) is 19.0. The molecule has 0 radical (unpaired) electrons. The van der Waals surface area contributed by atoms with Crippen LogP contribution in [0.15, 0.2) is 121 Å². The lowest BCUT2D eigenvalue weighted by Gasteiger charge is -2.08. The van der Waals surface area contributed by atoms with Crippen molar-refractivity contribution in [2.75, 3.05) is 20.3 Å². The Bertz CT molecular complexity index is 2050. The zero-order chi connectivity index (χ0) is 36.6. The standard InChI is InChI=1S/C41H31FO8S/c1-4-38(43)50-37-23-18-33(27-36(37)42)41(46)51-35-21-16-32(17-22-35)13-11-30-8-6-29(7-9-30)10-12-31-14-19-34(20-15-31)48-24-5-25-49-40(45)28(2)26-39(44)47-3/h4,6-9,14-23,27H,1-2,5,24-26H2,3H3. The van der Waals surface area contributed by atoms with Crippen molar-refractivity contribution < 1.29 is 42.5 Å². The van der Waals surface area contributed by atoms with Crippen LogP contribution in [0.1, 0.15) is 45.5 Å². The Morgan fingerprint density at radius 2 is 1.33 bits per heavy atom. The van der Waals surface area contributed by atoms with E-state index in [-0.39, 0.29) is 35.0 Å². The molecule has 256 valence electrons. The van der Waals surface area contributed by atoms with Gasteiger partial charge in [0.25, 0.3) is 0 Å². The van der Waals surface area contributed by atoms with E-state index in [1.54, 1.807) is 24.3 Å². The highest BCUT2D eigenvalue weighted by Gasteiger charge is 2.14. The number of esters is 3. The summed E-state index contributed by atoms with van der Waals surface area (Å²) in [6.45, 7) is 7.26. The van der Waals surface area contributed by atoms with Crippen LogP contribution >= 0.6 is 11.8 Å². The normalized spacial score (nSPS) is 9.92. The lowest BCUT2D eigenvalue weighted by Crippen LogP contribution is -2.13. The Labute approximate surface area is 299 Å². The van der Waals surface area contributed by atoms with Gasteiger partial charge in [0.2, 0.25) is 5.12 Å². The average molecular weight is 703 g/mol. The zero-order valence-corrected chi connectivity index (χ0v) is 28.3. The summed E-state index contributed by atoms with van der Waals surface area (Å²) in [7, 11) is 1.24. The first-order valence-corrected chi connectivity index (χ1v) is 16.2. The minimum atomic E-state index is -0.823. The molecule has 0 aliphatic carbocycles. The lowest BCUT2D eigenvalue weighted by molar-refractivity contribution is -0.144. The summed E-state index contributed by atoms with van der Waals surface area (Å²) in [5.74, 6) is 10.0. The van der Waals surface area contributed by atoms with E-state index in [0.717, 1.165) is 46.2 Å². The molecule has 0 bridgehead atoms. The van der Waals surface area contributed by atoms with Gasteiger partial charge >= 0.3 is 17.9 Å².